The van der Waals surface area contributed by atoms with Crippen LogP contribution in [0.15, 0.2) is 59.3 Å². The second-order valence-electron chi connectivity index (χ2n) is 8.16. The van der Waals surface area contributed by atoms with Crippen molar-refractivity contribution in [2.24, 2.45) is 0 Å². The van der Waals surface area contributed by atoms with E-state index in [1.807, 2.05) is 54.7 Å². The van der Waals surface area contributed by atoms with Gasteiger partial charge >= 0.3 is 7.60 Å². The maximum absolute atomic E-state index is 12.3. The van der Waals surface area contributed by atoms with Crippen LogP contribution in [0.1, 0.15) is 31.2 Å². The van der Waals surface area contributed by atoms with Gasteiger partial charge in [0.05, 0.1) is 17.7 Å². The number of imidazole rings is 1. The van der Waals surface area contributed by atoms with Crippen LogP contribution in [0.3, 0.4) is 0 Å². The van der Waals surface area contributed by atoms with E-state index in [-0.39, 0.29) is 16.6 Å². The smallest absolute Gasteiger partial charge is 0.320 e. The quantitative estimate of drug-likeness (QED) is 0.246. The van der Waals surface area contributed by atoms with Crippen molar-refractivity contribution in [1.29, 1.82) is 0 Å². The predicted molar refractivity (Wildman–Crippen MR) is 136 cm³/mol. The van der Waals surface area contributed by atoms with Gasteiger partial charge in [0.1, 0.15) is 10.4 Å². The summed E-state index contributed by atoms with van der Waals surface area (Å²) in [5, 5.41) is 15.4. The first-order chi connectivity index (χ1) is 16.9. The van der Waals surface area contributed by atoms with E-state index in [4.69, 9.17) is 0 Å². The summed E-state index contributed by atoms with van der Waals surface area (Å²) in [6.45, 7) is 2.36. The largest absolute Gasteiger partial charge is 0.375 e. The number of rotatable bonds is 8. The average molecular weight is 556 g/mol. The molecule has 5 rings (SSSR count). The standard InChI is InChI=1S/C23H23BrN7O3P/c1-2-3-11-20-25-21(24)23(35(32,33)34)31(20)14-15-7-6-10-18-16(15)12-13-30(18)19-9-5-4-8-17(19)22-26-28-29-27-22/h4-10,12-13H,2-3,11,14H2,1H3,(H2,32,33,34)(H,26,27,28,29). The van der Waals surface area contributed by atoms with E-state index in [0.717, 1.165) is 40.6 Å². The van der Waals surface area contributed by atoms with Crippen molar-refractivity contribution in [2.45, 2.75) is 32.7 Å². The highest BCUT2D eigenvalue weighted by atomic mass is 79.9. The Balaban J connectivity index is 1.62. The van der Waals surface area contributed by atoms with Crippen molar-refractivity contribution in [3.8, 4) is 17.1 Å². The average Bonchev–Trinajstić information content (AvgIpc) is 3.57. The molecule has 0 bridgehead atoms. The summed E-state index contributed by atoms with van der Waals surface area (Å²) < 4.78 is 16.2. The van der Waals surface area contributed by atoms with Crippen molar-refractivity contribution in [3.63, 3.8) is 0 Å². The van der Waals surface area contributed by atoms with Crippen LogP contribution >= 0.6 is 23.5 Å². The molecule has 3 N–H and O–H groups in total. The first-order valence-corrected chi connectivity index (χ1v) is 13.5. The van der Waals surface area contributed by atoms with E-state index in [2.05, 4.69) is 53.0 Å². The Labute approximate surface area is 209 Å². The normalized spacial score (nSPS) is 12.0. The number of H-pyrrole nitrogens is 1. The van der Waals surface area contributed by atoms with Crippen LogP contribution in [0, 0.1) is 0 Å². The number of aryl methyl sites for hydroxylation is 1. The fourth-order valence-corrected chi connectivity index (χ4v) is 6.23. The summed E-state index contributed by atoms with van der Waals surface area (Å²) in [7, 11) is -4.55. The maximum atomic E-state index is 12.3. The summed E-state index contributed by atoms with van der Waals surface area (Å²) >= 11 is 3.27. The van der Waals surface area contributed by atoms with Crippen molar-refractivity contribution in [2.75, 3.05) is 0 Å². The molecule has 2 aromatic carbocycles. The van der Waals surface area contributed by atoms with Gasteiger partial charge in [-0.2, -0.15) is 5.21 Å². The number of nitrogens with zero attached hydrogens (tertiary/aromatic N) is 6. The van der Waals surface area contributed by atoms with E-state index in [1.165, 1.54) is 0 Å². The third-order valence-electron chi connectivity index (χ3n) is 5.91. The molecule has 3 heterocycles. The van der Waals surface area contributed by atoms with Gasteiger partial charge in [0.2, 0.25) is 5.82 Å². The molecule has 0 aliphatic carbocycles. The van der Waals surface area contributed by atoms with E-state index < -0.39 is 7.60 Å². The minimum Gasteiger partial charge on any atom is -0.320 e. The lowest BCUT2D eigenvalue weighted by molar-refractivity contribution is 0.384. The Bertz CT molecular complexity index is 1540. The second kappa shape index (κ2) is 9.50. The lowest BCUT2D eigenvalue weighted by atomic mass is 10.1. The molecule has 35 heavy (non-hydrogen) atoms. The van der Waals surface area contributed by atoms with Crippen LogP contribution in [0.25, 0.3) is 28.0 Å². The molecular weight excluding hydrogens is 533 g/mol. The molecule has 3 aromatic heterocycles. The third kappa shape index (κ3) is 4.48. The van der Waals surface area contributed by atoms with Gasteiger partial charge < -0.3 is 18.9 Å². The first kappa shape index (κ1) is 23.6. The maximum Gasteiger partial charge on any atom is 0.375 e. The number of fused-ring (bicyclic) bond motifs is 1. The molecule has 0 unspecified atom stereocenters. The van der Waals surface area contributed by atoms with Gasteiger partial charge in [0.25, 0.3) is 0 Å². The summed E-state index contributed by atoms with van der Waals surface area (Å²) in [5.41, 5.74) is 3.50. The van der Waals surface area contributed by atoms with Crippen molar-refractivity contribution in [1.82, 2.24) is 34.7 Å². The highest BCUT2D eigenvalue weighted by Crippen LogP contribution is 2.38. The Morgan fingerprint density at radius 2 is 1.94 bits per heavy atom. The molecule has 5 aromatic rings. The zero-order chi connectivity index (χ0) is 24.6. The number of hydrogen-bond donors (Lipinski definition) is 3. The van der Waals surface area contributed by atoms with Crippen molar-refractivity contribution >= 4 is 39.9 Å². The molecule has 180 valence electrons. The number of aromatic nitrogens is 7. The highest BCUT2D eigenvalue weighted by molar-refractivity contribution is 9.10. The van der Waals surface area contributed by atoms with Crippen LogP contribution in [0.4, 0.5) is 0 Å². The van der Waals surface area contributed by atoms with Crippen molar-refractivity contribution < 1.29 is 14.4 Å². The highest BCUT2D eigenvalue weighted by Gasteiger charge is 2.30. The molecule has 0 aliphatic rings. The number of halogens is 1. The molecule has 0 spiro atoms. The summed E-state index contributed by atoms with van der Waals surface area (Å²) in [6.07, 6.45) is 4.42. The number of para-hydroxylation sites is 1. The molecule has 0 saturated heterocycles. The molecule has 12 heteroatoms. The van der Waals surface area contributed by atoms with Crippen LogP contribution in [0.5, 0.6) is 0 Å². The van der Waals surface area contributed by atoms with Crippen LogP contribution in [0.2, 0.25) is 0 Å². The molecule has 0 fully saturated rings. The first-order valence-electron chi connectivity index (χ1n) is 11.1. The monoisotopic (exact) mass is 555 g/mol. The van der Waals surface area contributed by atoms with Gasteiger partial charge in [0.15, 0.2) is 5.44 Å². The van der Waals surface area contributed by atoms with Gasteiger partial charge in [-0.05, 0) is 57.4 Å². The number of nitrogens with one attached hydrogen (secondary N) is 1. The number of benzene rings is 2. The van der Waals surface area contributed by atoms with Crippen LogP contribution in [-0.2, 0) is 17.5 Å². The Kier molecular flexibility index (Phi) is 6.41. The Hall–Kier alpha value is -3.11. The van der Waals surface area contributed by atoms with E-state index in [1.54, 1.807) is 4.57 Å². The summed E-state index contributed by atoms with van der Waals surface area (Å²) in [6, 6.07) is 15.7. The Morgan fingerprint density at radius 3 is 2.69 bits per heavy atom. The molecule has 0 radical (unpaired) electrons. The number of tetrazole rings is 1. The van der Waals surface area contributed by atoms with Gasteiger partial charge in [-0.3, -0.25) is 4.57 Å². The number of hydrogen-bond acceptors (Lipinski definition) is 5. The molecule has 10 nitrogen and oxygen atoms in total. The van der Waals surface area contributed by atoms with E-state index in [0.29, 0.717) is 18.1 Å². The van der Waals surface area contributed by atoms with Gasteiger partial charge in [-0.25, -0.2) is 4.98 Å². The van der Waals surface area contributed by atoms with E-state index in [9.17, 15) is 14.4 Å². The lowest BCUT2D eigenvalue weighted by Crippen LogP contribution is -2.21. The summed E-state index contributed by atoms with van der Waals surface area (Å²) in [5.74, 6) is 1.14. The summed E-state index contributed by atoms with van der Waals surface area (Å²) in [4.78, 5) is 24.5. The lowest BCUT2D eigenvalue weighted by Gasteiger charge is -2.15. The predicted octanol–water partition coefficient (Wildman–Crippen LogP) is 3.96. The third-order valence-corrected chi connectivity index (χ3v) is 7.77. The minimum atomic E-state index is -4.55. The Morgan fingerprint density at radius 1 is 1.11 bits per heavy atom. The zero-order valence-corrected chi connectivity index (χ0v) is 21.3. The minimum absolute atomic E-state index is 0.0949. The fourth-order valence-electron chi connectivity index (χ4n) is 4.32. The van der Waals surface area contributed by atoms with Gasteiger partial charge in [-0.15, -0.1) is 10.2 Å². The molecule has 0 aliphatic heterocycles. The fraction of sp³-hybridized carbons (Fsp3) is 0.217. The molecule has 0 saturated carbocycles. The number of unbranched alkanes of at least 4 members (excludes halogenated alkanes) is 1. The van der Waals surface area contributed by atoms with Crippen molar-refractivity contribution in [3.05, 3.63) is 70.7 Å². The molecule has 0 atom stereocenters. The van der Waals surface area contributed by atoms with Crippen LogP contribution < -0.4 is 5.44 Å². The zero-order valence-electron chi connectivity index (χ0n) is 18.8. The SMILES string of the molecule is CCCCc1nc(Br)c(P(=O)(O)O)n1Cc1cccc2c1ccn2-c1ccccc1-c1nn[nH]n1. The molecule has 0 amide bonds. The number of aromatic amines is 1. The van der Waals surface area contributed by atoms with E-state index >= 15 is 0 Å². The van der Waals surface area contributed by atoms with Gasteiger partial charge in [-0.1, -0.05) is 37.6 Å². The second-order valence-corrected chi connectivity index (χ2v) is 10.4. The van der Waals surface area contributed by atoms with Gasteiger partial charge in [0, 0.05) is 23.6 Å². The topological polar surface area (TPSA) is 135 Å². The molecular formula is C23H23BrN7O3P. The van der Waals surface area contributed by atoms with Crippen LogP contribution in [-0.4, -0.2) is 44.5 Å².